The van der Waals surface area contributed by atoms with Crippen LogP contribution in [-0.4, -0.2) is 64.8 Å². The molecule has 140 valence electrons. The van der Waals surface area contributed by atoms with Crippen molar-refractivity contribution >= 4 is 5.96 Å². The zero-order valence-corrected chi connectivity index (χ0v) is 16.4. The molecule has 0 bridgehead atoms. The van der Waals surface area contributed by atoms with Crippen LogP contribution in [-0.2, 0) is 26.4 Å². The lowest BCUT2D eigenvalue weighted by atomic mass is 10.1. The van der Waals surface area contributed by atoms with Gasteiger partial charge in [-0.3, -0.25) is 14.6 Å². The van der Waals surface area contributed by atoms with Gasteiger partial charge < -0.3 is 10.2 Å². The van der Waals surface area contributed by atoms with Crippen molar-refractivity contribution in [3.8, 4) is 0 Å². The van der Waals surface area contributed by atoms with Crippen molar-refractivity contribution in [1.29, 1.82) is 0 Å². The van der Waals surface area contributed by atoms with Gasteiger partial charge in [-0.05, 0) is 45.2 Å². The minimum atomic E-state index is 0.705. The first-order chi connectivity index (χ1) is 12.2. The van der Waals surface area contributed by atoms with Crippen molar-refractivity contribution in [2.45, 2.75) is 58.5 Å². The summed E-state index contributed by atoms with van der Waals surface area (Å²) < 4.78 is 2.04. The normalized spacial score (nSPS) is 22.2. The molecular weight excluding hydrogens is 312 g/mol. The number of guanidine groups is 1. The van der Waals surface area contributed by atoms with Crippen LogP contribution in [0.4, 0.5) is 0 Å². The van der Waals surface area contributed by atoms with E-state index in [0.717, 1.165) is 38.4 Å². The number of hydrogen-bond acceptors (Lipinski definition) is 3. The van der Waals surface area contributed by atoms with Crippen LogP contribution in [0.5, 0.6) is 0 Å². The Bertz CT molecular complexity index is 599. The van der Waals surface area contributed by atoms with Crippen molar-refractivity contribution in [1.82, 2.24) is 24.9 Å². The number of likely N-dealkylation sites (tertiary alicyclic amines) is 2. The first-order valence-corrected chi connectivity index (χ1v) is 9.91. The lowest BCUT2D eigenvalue weighted by Crippen LogP contribution is -2.42. The van der Waals surface area contributed by atoms with Crippen LogP contribution in [0.15, 0.2) is 4.99 Å². The minimum absolute atomic E-state index is 0.705. The highest BCUT2D eigenvalue weighted by atomic mass is 15.3. The van der Waals surface area contributed by atoms with Gasteiger partial charge in [-0.15, -0.1) is 0 Å². The smallest absolute Gasteiger partial charge is 0.193 e. The molecule has 2 aliphatic rings. The van der Waals surface area contributed by atoms with E-state index in [0.29, 0.717) is 6.04 Å². The Labute approximate surface area is 152 Å². The molecule has 2 fully saturated rings. The van der Waals surface area contributed by atoms with Gasteiger partial charge in [0.15, 0.2) is 5.96 Å². The lowest BCUT2D eigenvalue weighted by molar-refractivity contribution is 0.249. The van der Waals surface area contributed by atoms with E-state index in [1.54, 1.807) is 0 Å². The molecule has 1 N–H and O–H groups in total. The molecule has 3 rings (SSSR count). The maximum Gasteiger partial charge on any atom is 0.193 e. The third-order valence-corrected chi connectivity index (χ3v) is 5.78. The van der Waals surface area contributed by atoms with Crippen molar-refractivity contribution in [2.24, 2.45) is 12.0 Å². The highest BCUT2D eigenvalue weighted by molar-refractivity contribution is 5.80. The summed E-state index contributed by atoms with van der Waals surface area (Å²) in [5.41, 5.74) is 3.89. The SMILES string of the molecule is CCc1nn(C)c(CC)c1CNC(=NC)N1CCC(N2CCCC2)C1. The third kappa shape index (κ3) is 3.84. The Balaban J connectivity index is 1.62. The zero-order valence-electron chi connectivity index (χ0n) is 16.4. The molecule has 0 saturated carbocycles. The highest BCUT2D eigenvalue weighted by Crippen LogP contribution is 2.21. The number of hydrogen-bond donors (Lipinski definition) is 1. The van der Waals surface area contributed by atoms with Crippen LogP contribution in [0.25, 0.3) is 0 Å². The van der Waals surface area contributed by atoms with E-state index in [-0.39, 0.29) is 0 Å². The molecule has 0 radical (unpaired) electrons. The maximum absolute atomic E-state index is 4.68. The molecule has 1 atom stereocenters. The number of nitrogens with one attached hydrogen (secondary N) is 1. The van der Waals surface area contributed by atoms with Gasteiger partial charge in [-0.2, -0.15) is 5.10 Å². The van der Waals surface area contributed by atoms with Crippen LogP contribution in [0.1, 0.15) is 50.1 Å². The number of nitrogens with zero attached hydrogens (tertiary/aromatic N) is 5. The molecule has 1 aromatic heterocycles. The van der Waals surface area contributed by atoms with Gasteiger partial charge in [-0.1, -0.05) is 13.8 Å². The molecule has 3 heterocycles. The Kier molecular flexibility index (Phi) is 5.99. The highest BCUT2D eigenvalue weighted by Gasteiger charge is 2.30. The summed E-state index contributed by atoms with van der Waals surface area (Å²) in [6, 6.07) is 0.705. The van der Waals surface area contributed by atoms with Crippen LogP contribution >= 0.6 is 0 Å². The molecule has 2 aliphatic heterocycles. The largest absolute Gasteiger partial charge is 0.352 e. The predicted molar refractivity (Wildman–Crippen MR) is 103 cm³/mol. The quantitative estimate of drug-likeness (QED) is 0.652. The third-order valence-electron chi connectivity index (χ3n) is 5.78. The molecule has 6 heteroatoms. The zero-order chi connectivity index (χ0) is 17.8. The molecule has 1 aromatic rings. The second-order valence-corrected chi connectivity index (χ2v) is 7.24. The van der Waals surface area contributed by atoms with E-state index in [2.05, 4.69) is 46.1 Å². The Morgan fingerprint density at radius 1 is 1.20 bits per heavy atom. The number of aryl methyl sites for hydroxylation is 2. The molecule has 0 aromatic carbocycles. The Hall–Kier alpha value is -1.56. The van der Waals surface area contributed by atoms with E-state index < -0.39 is 0 Å². The van der Waals surface area contributed by atoms with Crippen molar-refractivity contribution in [3.05, 3.63) is 17.0 Å². The Morgan fingerprint density at radius 2 is 1.96 bits per heavy atom. The number of rotatable bonds is 5. The minimum Gasteiger partial charge on any atom is -0.352 e. The predicted octanol–water partition coefficient (Wildman–Crippen LogP) is 1.79. The topological polar surface area (TPSA) is 48.7 Å². The molecule has 25 heavy (non-hydrogen) atoms. The maximum atomic E-state index is 4.68. The molecular formula is C19H34N6. The second-order valence-electron chi connectivity index (χ2n) is 7.24. The van der Waals surface area contributed by atoms with Gasteiger partial charge in [-0.25, -0.2) is 0 Å². The molecule has 2 saturated heterocycles. The van der Waals surface area contributed by atoms with Gasteiger partial charge in [0, 0.05) is 51.0 Å². The van der Waals surface area contributed by atoms with E-state index in [9.17, 15) is 0 Å². The fraction of sp³-hybridized carbons (Fsp3) is 0.789. The molecule has 0 spiro atoms. The van der Waals surface area contributed by atoms with Crippen LogP contribution in [0, 0.1) is 0 Å². The fourth-order valence-corrected chi connectivity index (χ4v) is 4.43. The van der Waals surface area contributed by atoms with Crippen LogP contribution < -0.4 is 5.32 Å². The monoisotopic (exact) mass is 346 g/mol. The summed E-state index contributed by atoms with van der Waals surface area (Å²) in [4.78, 5) is 9.64. The average Bonchev–Trinajstić information content (AvgIpc) is 3.34. The summed E-state index contributed by atoms with van der Waals surface area (Å²) >= 11 is 0. The van der Waals surface area contributed by atoms with Gasteiger partial charge in [0.05, 0.1) is 5.69 Å². The summed E-state index contributed by atoms with van der Waals surface area (Å²) in [5, 5.41) is 8.29. The Morgan fingerprint density at radius 3 is 2.60 bits per heavy atom. The summed E-state index contributed by atoms with van der Waals surface area (Å²) in [6.07, 6.45) is 5.98. The molecule has 0 amide bonds. The molecule has 1 unspecified atom stereocenters. The molecule has 0 aliphatic carbocycles. The fourth-order valence-electron chi connectivity index (χ4n) is 4.43. The standard InChI is InChI=1S/C19H34N6/c1-5-17-16(18(6-2)23(4)22-17)13-21-19(20-3)25-12-9-15(14-25)24-10-7-8-11-24/h15H,5-14H2,1-4H3,(H,20,21). The second kappa shape index (κ2) is 8.21. The summed E-state index contributed by atoms with van der Waals surface area (Å²) in [7, 11) is 3.95. The van der Waals surface area contributed by atoms with Gasteiger partial charge in [0.1, 0.15) is 0 Å². The van der Waals surface area contributed by atoms with Gasteiger partial charge in [0.2, 0.25) is 0 Å². The van der Waals surface area contributed by atoms with Crippen molar-refractivity contribution in [2.75, 3.05) is 33.2 Å². The lowest BCUT2D eigenvalue weighted by Gasteiger charge is -2.25. The van der Waals surface area contributed by atoms with E-state index in [4.69, 9.17) is 0 Å². The van der Waals surface area contributed by atoms with Crippen molar-refractivity contribution < 1.29 is 0 Å². The van der Waals surface area contributed by atoms with Crippen molar-refractivity contribution in [3.63, 3.8) is 0 Å². The van der Waals surface area contributed by atoms with Crippen LogP contribution in [0.2, 0.25) is 0 Å². The first kappa shape index (κ1) is 18.2. The average molecular weight is 347 g/mol. The first-order valence-electron chi connectivity index (χ1n) is 9.91. The van der Waals surface area contributed by atoms with E-state index >= 15 is 0 Å². The number of aromatic nitrogens is 2. The van der Waals surface area contributed by atoms with E-state index in [1.807, 2.05) is 11.7 Å². The summed E-state index contributed by atoms with van der Waals surface area (Å²) in [5.74, 6) is 1.04. The summed E-state index contributed by atoms with van der Waals surface area (Å²) in [6.45, 7) is 9.97. The molecule has 6 nitrogen and oxygen atoms in total. The number of aliphatic imine (C=N–C) groups is 1. The van der Waals surface area contributed by atoms with Gasteiger partial charge in [0.25, 0.3) is 0 Å². The van der Waals surface area contributed by atoms with Gasteiger partial charge >= 0.3 is 0 Å². The van der Waals surface area contributed by atoms with Crippen LogP contribution in [0.3, 0.4) is 0 Å². The van der Waals surface area contributed by atoms with E-state index in [1.165, 1.54) is 49.3 Å².